The minimum Gasteiger partial charge on any atom is -0.474 e. The largest absolute Gasteiger partial charge is 0.474 e. The van der Waals surface area contributed by atoms with Gasteiger partial charge in [0.05, 0.1) is 9.82 Å². The van der Waals surface area contributed by atoms with E-state index in [9.17, 15) is 23.3 Å². The summed E-state index contributed by atoms with van der Waals surface area (Å²) in [5.74, 6) is -0.457. The molecule has 1 saturated carbocycles. The van der Waals surface area contributed by atoms with Crippen molar-refractivity contribution in [3.05, 3.63) is 28.3 Å². The summed E-state index contributed by atoms with van der Waals surface area (Å²) < 4.78 is 32.2. The second-order valence-electron chi connectivity index (χ2n) is 7.60. The van der Waals surface area contributed by atoms with Gasteiger partial charge in [-0.25, -0.2) is 8.42 Å². The predicted molar refractivity (Wildman–Crippen MR) is 106 cm³/mol. The number of ether oxygens (including phenoxy) is 1. The van der Waals surface area contributed by atoms with E-state index in [2.05, 4.69) is 5.32 Å². The van der Waals surface area contributed by atoms with Gasteiger partial charge in [-0.15, -0.1) is 0 Å². The first-order valence-corrected chi connectivity index (χ1v) is 11.5. The molecule has 1 unspecified atom stereocenters. The molecule has 1 aliphatic heterocycles. The number of nitro groups is 1. The average Bonchev–Trinajstić information content (AvgIpc) is 3.24. The second kappa shape index (κ2) is 9.08. The van der Waals surface area contributed by atoms with Crippen LogP contribution in [-0.2, 0) is 14.8 Å². The molecule has 0 spiro atoms. The van der Waals surface area contributed by atoms with Crippen LogP contribution in [0.1, 0.15) is 51.9 Å². The molecular weight excluding hydrogens is 398 g/mol. The Balaban J connectivity index is 1.74. The quantitative estimate of drug-likeness (QED) is 0.530. The third kappa shape index (κ3) is 5.05. The van der Waals surface area contributed by atoms with Crippen molar-refractivity contribution >= 4 is 21.6 Å². The predicted octanol–water partition coefficient (Wildman–Crippen LogP) is 2.60. The number of carbonyl (C=O) groups is 1. The molecule has 2 fully saturated rings. The van der Waals surface area contributed by atoms with Gasteiger partial charge in [-0.3, -0.25) is 14.9 Å². The summed E-state index contributed by atoms with van der Waals surface area (Å²) in [5, 5.41) is 14.4. The van der Waals surface area contributed by atoms with Gasteiger partial charge in [-0.1, -0.05) is 19.3 Å². The lowest BCUT2D eigenvalue weighted by Gasteiger charge is -2.24. The molecule has 1 amide bonds. The zero-order chi connectivity index (χ0) is 21.0. The fourth-order valence-corrected chi connectivity index (χ4v) is 5.32. The normalized spacial score (nSPS) is 19.6. The zero-order valence-corrected chi connectivity index (χ0v) is 17.3. The third-order valence-electron chi connectivity index (χ3n) is 5.45. The van der Waals surface area contributed by atoms with Crippen molar-refractivity contribution in [1.29, 1.82) is 0 Å². The Bertz CT molecular complexity index is 861. The SMILES string of the molecule is CC(Oc1ccc(S(=O)(=O)N2CCCC2)cc1[N+](=O)[O-])C(=O)NC1CCCCC1. The Labute approximate surface area is 170 Å². The summed E-state index contributed by atoms with van der Waals surface area (Å²) in [7, 11) is -3.78. The summed E-state index contributed by atoms with van der Waals surface area (Å²) >= 11 is 0. The van der Waals surface area contributed by atoms with E-state index in [-0.39, 0.29) is 22.6 Å². The van der Waals surface area contributed by atoms with E-state index in [4.69, 9.17) is 4.74 Å². The van der Waals surface area contributed by atoms with Gasteiger partial charge in [0, 0.05) is 25.2 Å². The zero-order valence-electron chi connectivity index (χ0n) is 16.5. The topological polar surface area (TPSA) is 119 Å². The van der Waals surface area contributed by atoms with Crippen LogP contribution in [0.4, 0.5) is 5.69 Å². The average molecular weight is 426 g/mol. The highest BCUT2D eigenvalue weighted by Crippen LogP contribution is 2.32. The van der Waals surface area contributed by atoms with Crippen molar-refractivity contribution in [3.63, 3.8) is 0 Å². The van der Waals surface area contributed by atoms with Gasteiger partial charge < -0.3 is 10.1 Å². The minimum atomic E-state index is -3.78. The summed E-state index contributed by atoms with van der Waals surface area (Å²) in [5.41, 5.74) is -0.470. The Morgan fingerprint density at radius 3 is 2.48 bits per heavy atom. The van der Waals surface area contributed by atoms with Crippen LogP contribution in [0.3, 0.4) is 0 Å². The maximum atomic E-state index is 12.7. The summed E-state index contributed by atoms with van der Waals surface area (Å²) in [6, 6.07) is 3.66. The van der Waals surface area contributed by atoms with Crippen LogP contribution < -0.4 is 10.1 Å². The molecule has 1 heterocycles. The number of carbonyl (C=O) groups excluding carboxylic acids is 1. The van der Waals surface area contributed by atoms with E-state index in [0.717, 1.165) is 51.0 Å². The van der Waals surface area contributed by atoms with Crippen LogP contribution in [0.5, 0.6) is 5.75 Å². The number of hydrogen-bond donors (Lipinski definition) is 1. The van der Waals surface area contributed by atoms with Crippen LogP contribution in [-0.4, -0.2) is 48.8 Å². The molecule has 1 aliphatic carbocycles. The fraction of sp³-hybridized carbons (Fsp3) is 0.632. The molecule has 0 radical (unpaired) electrons. The molecule has 1 N–H and O–H groups in total. The van der Waals surface area contributed by atoms with Gasteiger partial charge >= 0.3 is 5.69 Å². The Morgan fingerprint density at radius 1 is 1.21 bits per heavy atom. The van der Waals surface area contributed by atoms with Crippen molar-refractivity contribution < 1.29 is 22.9 Å². The van der Waals surface area contributed by atoms with Crippen molar-refractivity contribution in [1.82, 2.24) is 9.62 Å². The van der Waals surface area contributed by atoms with E-state index in [1.54, 1.807) is 0 Å². The van der Waals surface area contributed by atoms with Crippen LogP contribution in [0.25, 0.3) is 0 Å². The number of nitrogens with zero attached hydrogens (tertiary/aromatic N) is 2. The lowest BCUT2D eigenvalue weighted by Crippen LogP contribution is -2.43. The Kier molecular flexibility index (Phi) is 6.74. The van der Waals surface area contributed by atoms with Gasteiger partial charge in [-0.2, -0.15) is 4.31 Å². The number of hydrogen-bond acceptors (Lipinski definition) is 6. The second-order valence-corrected chi connectivity index (χ2v) is 9.54. The summed E-state index contributed by atoms with van der Waals surface area (Å²) in [4.78, 5) is 23.1. The lowest BCUT2D eigenvalue weighted by molar-refractivity contribution is -0.386. The molecule has 0 aromatic heterocycles. The van der Waals surface area contributed by atoms with E-state index < -0.39 is 26.7 Å². The first-order valence-electron chi connectivity index (χ1n) is 10.0. The maximum Gasteiger partial charge on any atom is 0.312 e. The molecule has 1 aromatic rings. The van der Waals surface area contributed by atoms with Gasteiger partial charge in [0.25, 0.3) is 5.91 Å². The lowest BCUT2D eigenvalue weighted by atomic mass is 9.95. The fourth-order valence-electron chi connectivity index (χ4n) is 3.79. The molecular formula is C19H27N3O6S. The molecule has 1 atom stereocenters. The van der Waals surface area contributed by atoms with Crippen LogP contribution in [0, 0.1) is 10.1 Å². The molecule has 3 rings (SSSR count). The smallest absolute Gasteiger partial charge is 0.312 e. The highest BCUT2D eigenvalue weighted by Gasteiger charge is 2.31. The summed E-state index contributed by atoms with van der Waals surface area (Å²) in [6.45, 7) is 2.34. The molecule has 0 bridgehead atoms. The molecule has 1 saturated heterocycles. The Hall–Kier alpha value is -2.20. The van der Waals surface area contributed by atoms with E-state index in [1.165, 1.54) is 23.4 Å². The number of sulfonamides is 1. The monoisotopic (exact) mass is 425 g/mol. The van der Waals surface area contributed by atoms with E-state index >= 15 is 0 Å². The van der Waals surface area contributed by atoms with Crippen molar-refractivity contribution in [2.24, 2.45) is 0 Å². The van der Waals surface area contributed by atoms with Crippen molar-refractivity contribution in [2.45, 2.75) is 68.9 Å². The molecule has 10 heteroatoms. The number of rotatable bonds is 7. The molecule has 29 heavy (non-hydrogen) atoms. The van der Waals surface area contributed by atoms with Crippen LogP contribution >= 0.6 is 0 Å². The van der Waals surface area contributed by atoms with Crippen LogP contribution in [0.2, 0.25) is 0 Å². The molecule has 160 valence electrons. The van der Waals surface area contributed by atoms with E-state index in [0.29, 0.717) is 13.1 Å². The molecule has 2 aliphatic rings. The van der Waals surface area contributed by atoms with Gasteiger partial charge in [0.1, 0.15) is 0 Å². The van der Waals surface area contributed by atoms with Gasteiger partial charge in [-0.05, 0) is 44.7 Å². The number of amides is 1. The van der Waals surface area contributed by atoms with Gasteiger partial charge in [0.15, 0.2) is 11.9 Å². The molecule has 9 nitrogen and oxygen atoms in total. The first kappa shape index (κ1) is 21.5. The molecule has 1 aromatic carbocycles. The Morgan fingerprint density at radius 2 is 1.86 bits per heavy atom. The third-order valence-corrected chi connectivity index (χ3v) is 7.35. The summed E-state index contributed by atoms with van der Waals surface area (Å²) in [6.07, 6.45) is 5.75. The maximum absolute atomic E-state index is 12.7. The number of nitro benzene ring substituents is 1. The number of benzene rings is 1. The highest BCUT2D eigenvalue weighted by atomic mass is 32.2. The standard InChI is InChI=1S/C19H27N3O6S/c1-14(19(23)20-15-7-3-2-4-8-15)28-18-10-9-16(13-17(18)22(24)25)29(26,27)21-11-5-6-12-21/h9-10,13-15H,2-8,11-12H2,1H3,(H,20,23). The van der Waals surface area contributed by atoms with Gasteiger partial charge in [0.2, 0.25) is 10.0 Å². The first-order chi connectivity index (χ1) is 13.8. The van der Waals surface area contributed by atoms with Crippen molar-refractivity contribution in [3.8, 4) is 5.75 Å². The minimum absolute atomic E-state index is 0.102. The van der Waals surface area contributed by atoms with Crippen LogP contribution in [0.15, 0.2) is 23.1 Å². The van der Waals surface area contributed by atoms with Crippen molar-refractivity contribution in [2.75, 3.05) is 13.1 Å². The number of nitrogens with one attached hydrogen (secondary N) is 1. The highest BCUT2D eigenvalue weighted by molar-refractivity contribution is 7.89. The van der Waals surface area contributed by atoms with E-state index in [1.807, 2.05) is 0 Å².